The van der Waals surface area contributed by atoms with Gasteiger partial charge in [-0.25, -0.2) is 0 Å². The molecule has 0 radical (unpaired) electrons. The van der Waals surface area contributed by atoms with Crippen molar-refractivity contribution in [3.63, 3.8) is 0 Å². The molecule has 2 rings (SSSR count). The van der Waals surface area contributed by atoms with E-state index in [0.29, 0.717) is 29.6 Å². The normalized spacial score (nSPS) is 16.5. The Morgan fingerprint density at radius 2 is 2.04 bits per heavy atom. The third-order valence-electron chi connectivity index (χ3n) is 4.16. The fourth-order valence-corrected chi connectivity index (χ4v) is 3.34. The maximum Gasteiger partial charge on any atom is 0.228 e. The number of methoxy groups -OCH3 is 1. The summed E-state index contributed by atoms with van der Waals surface area (Å²) in [6.07, 6.45) is 2.28. The van der Waals surface area contributed by atoms with E-state index >= 15 is 0 Å². The van der Waals surface area contributed by atoms with E-state index in [4.69, 9.17) is 27.9 Å². The van der Waals surface area contributed by atoms with Crippen molar-refractivity contribution in [1.82, 2.24) is 10.6 Å². The minimum atomic E-state index is -0.413. The monoisotopic (exact) mass is 380 g/mol. The highest BCUT2D eigenvalue weighted by molar-refractivity contribution is 6.35. The molecule has 0 atom stereocenters. The van der Waals surface area contributed by atoms with E-state index in [1.165, 1.54) is 0 Å². The van der Waals surface area contributed by atoms with Crippen LogP contribution < -0.4 is 10.6 Å². The van der Waals surface area contributed by atoms with E-state index in [1.807, 2.05) is 12.1 Å². The quantitative estimate of drug-likeness (QED) is 0.796. The van der Waals surface area contributed by atoms with Gasteiger partial charge in [-0.1, -0.05) is 29.3 Å². The molecule has 0 unspecified atom stereocenters. The number of hydrogen-bond acceptors (Lipinski definition) is 3. The van der Waals surface area contributed by atoms with Crippen molar-refractivity contribution in [1.29, 1.82) is 0 Å². The minimum Gasteiger partial charge on any atom is -0.384 e. The van der Waals surface area contributed by atoms with E-state index in [2.05, 4.69) is 10.6 Å². The molecule has 1 fully saturated rings. The second kappa shape index (κ2) is 9.70. The van der Waals surface area contributed by atoms with Crippen molar-refractivity contribution < 1.29 is 9.53 Å². The first-order valence-electron chi connectivity index (χ1n) is 7.49. The van der Waals surface area contributed by atoms with Crippen molar-refractivity contribution in [2.75, 3.05) is 33.4 Å². The first kappa shape index (κ1) is 20.5. The number of ether oxygens (including phenoxy) is 1. The Morgan fingerprint density at radius 3 is 2.65 bits per heavy atom. The molecule has 0 saturated carbocycles. The Hall–Kier alpha value is -0.520. The molecule has 1 aliphatic heterocycles. The van der Waals surface area contributed by atoms with Crippen LogP contribution in [0.2, 0.25) is 10.0 Å². The van der Waals surface area contributed by atoms with Gasteiger partial charge in [0.25, 0.3) is 0 Å². The second-order valence-corrected chi connectivity index (χ2v) is 6.55. The molecule has 2 N–H and O–H groups in total. The summed E-state index contributed by atoms with van der Waals surface area (Å²) in [6.45, 7) is 2.71. The first-order valence-corrected chi connectivity index (χ1v) is 8.25. The molecule has 1 aliphatic rings. The number of rotatable bonds is 6. The first-order chi connectivity index (χ1) is 10.6. The summed E-state index contributed by atoms with van der Waals surface area (Å²) < 4.78 is 5.28. The summed E-state index contributed by atoms with van der Waals surface area (Å²) in [5, 5.41) is 7.56. The Bertz CT molecular complexity index is 515. The number of piperidine rings is 1. The van der Waals surface area contributed by atoms with Crippen molar-refractivity contribution >= 4 is 41.5 Å². The molecule has 1 aromatic rings. The van der Waals surface area contributed by atoms with Gasteiger partial charge >= 0.3 is 0 Å². The number of halogens is 3. The highest BCUT2D eigenvalue weighted by Gasteiger charge is 2.39. The van der Waals surface area contributed by atoms with Crippen LogP contribution in [0.5, 0.6) is 0 Å². The summed E-state index contributed by atoms with van der Waals surface area (Å²) in [5.41, 5.74) is 0.571. The van der Waals surface area contributed by atoms with Gasteiger partial charge in [-0.2, -0.15) is 0 Å². The summed E-state index contributed by atoms with van der Waals surface area (Å²) in [5.74, 6) is 0.0703. The molecular formula is C16H23Cl3N2O2. The van der Waals surface area contributed by atoms with Crippen LogP contribution >= 0.6 is 35.6 Å². The van der Waals surface area contributed by atoms with Gasteiger partial charge in [0.05, 0.1) is 12.0 Å². The van der Waals surface area contributed by atoms with E-state index in [-0.39, 0.29) is 18.3 Å². The van der Waals surface area contributed by atoms with Gasteiger partial charge in [0.1, 0.15) is 0 Å². The van der Waals surface area contributed by atoms with Crippen molar-refractivity contribution in [3.8, 4) is 0 Å². The van der Waals surface area contributed by atoms with Crippen molar-refractivity contribution in [2.24, 2.45) is 5.41 Å². The third-order valence-corrected chi connectivity index (χ3v) is 4.74. The van der Waals surface area contributed by atoms with Gasteiger partial charge < -0.3 is 15.4 Å². The molecular weight excluding hydrogens is 359 g/mol. The van der Waals surface area contributed by atoms with Gasteiger partial charge in [-0.05, 0) is 50.0 Å². The SMILES string of the molecule is COCC1(C(=O)NCCc2ccc(Cl)cc2Cl)CCNCC1.Cl. The highest BCUT2D eigenvalue weighted by atomic mass is 35.5. The average molecular weight is 382 g/mol. The molecule has 1 saturated heterocycles. The van der Waals surface area contributed by atoms with Crippen LogP contribution in [0.3, 0.4) is 0 Å². The zero-order valence-electron chi connectivity index (χ0n) is 13.2. The van der Waals surface area contributed by atoms with Gasteiger partial charge in [0.15, 0.2) is 0 Å². The molecule has 0 spiro atoms. The van der Waals surface area contributed by atoms with Gasteiger partial charge in [0, 0.05) is 23.7 Å². The molecule has 7 heteroatoms. The van der Waals surface area contributed by atoms with Crippen molar-refractivity contribution in [2.45, 2.75) is 19.3 Å². The minimum absolute atomic E-state index is 0. The Labute approximate surface area is 153 Å². The Balaban J connectivity index is 0.00000264. The lowest BCUT2D eigenvalue weighted by atomic mass is 9.78. The number of benzene rings is 1. The van der Waals surface area contributed by atoms with Crippen molar-refractivity contribution in [3.05, 3.63) is 33.8 Å². The van der Waals surface area contributed by atoms with Crippen LogP contribution in [0.25, 0.3) is 0 Å². The topological polar surface area (TPSA) is 50.4 Å². The van der Waals surface area contributed by atoms with Crippen LogP contribution in [0.1, 0.15) is 18.4 Å². The number of nitrogens with one attached hydrogen (secondary N) is 2. The third kappa shape index (κ3) is 5.50. The lowest BCUT2D eigenvalue weighted by Gasteiger charge is -2.35. The lowest BCUT2D eigenvalue weighted by Crippen LogP contribution is -2.50. The smallest absolute Gasteiger partial charge is 0.228 e. The molecule has 4 nitrogen and oxygen atoms in total. The lowest BCUT2D eigenvalue weighted by molar-refractivity contribution is -0.136. The molecule has 130 valence electrons. The van der Waals surface area contributed by atoms with E-state index in [9.17, 15) is 4.79 Å². The predicted octanol–water partition coefficient (Wildman–Crippen LogP) is 3.09. The highest BCUT2D eigenvalue weighted by Crippen LogP contribution is 2.29. The molecule has 0 aliphatic carbocycles. The van der Waals surface area contributed by atoms with E-state index < -0.39 is 5.41 Å². The molecule has 1 heterocycles. The zero-order chi connectivity index (χ0) is 16.0. The van der Waals surface area contributed by atoms with Crippen LogP contribution in [0, 0.1) is 5.41 Å². The molecule has 0 aromatic heterocycles. The van der Waals surface area contributed by atoms with E-state index in [0.717, 1.165) is 31.5 Å². The van der Waals surface area contributed by atoms with Gasteiger partial charge in [-0.3, -0.25) is 4.79 Å². The Kier molecular flexibility index (Phi) is 8.65. The summed E-state index contributed by atoms with van der Waals surface area (Å²) in [4.78, 5) is 12.6. The molecule has 1 aromatic carbocycles. The van der Waals surface area contributed by atoms with Crippen LogP contribution in [-0.2, 0) is 16.0 Å². The predicted molar refractivity (Wildman–Crippen MR) is 96.8 cm³/mol. The fourth-order valence-electron chi connectivity index (χ4n) is 2.84. The second-order valence-electron chi connectivity index (χ2n) is 5.70. The van der Waals surface area contributed by atoms with Gasteiger partial charge in [0.2, 0.25) is 5.91 Å². The summed E-state index contributed by atoms with van der Waals surface area (Å²) in [7, 11) is 1.64. The fraction of sp³-hybridized carbons (Fsp3) is 0.562. The van der Waals surface area contributed by atoms with Crippen LogP contribution in [0.15, 0.2) is 18.2 Å². The standard InChI is InChI=1S/C16H22Cl2N2O2.ClH/c1-22-11-16(5-8-19-9-6-16)15(21)20-7-4-12-2-3-13(17)10-14(12)18;/h2-3,10,19H,4-9,11H2,1H3,(H,20,21);1H. The zero-order valence-corrected chi connectivity index (χ0v) is 15.5. The maximum absolute atomic E-state index is 12.6. The number of carbonyl (C=O) groups excluding carboxylic acids is 1. The average Bonchev–Trinajstić information content (AvgIpc) is 2.50. The molecule has 1 amide bonds. The van der Waals surface area contributed by atoms with Crippen LogP contribution in [0.4, 0.5) is 0 Å². The maximum atomic E-state index is 12.6. The Morgan fingerprint density at radius 1 is 1.35 bits per heavy atom. The largest absolute Gasteiger partial charge is 0.384 e. The molecule has 0 bridgehead atoms. The van der Waals surface area contributed by atoms with Crippen LogP contribution in [-0.4, -0.2) is 39.3 Å². The molecule has 23 heavy (non-hydrogen) atoms. The number of amides is 1. The summed E-state index contributed by atoms with van der Waals surface area (Å²) >= 11 is 12.0. The van der Waals surface area contributed by atoms with E-state index in [1.54, 1.807) is 13.2 Å². The summed E-state index contributed by atoms with van der Waals surface area (Å²) in [6, 6.07) is 5.43. The van der Waals surface area contributed by atoms with Gasteiger partial charge in [-0.15, -0.1) is 12.4 Å². The number of hydrogen-bond donors (Lipinski definition) is 2. The number of carbonyl (C=O) groups is 1.